The molecule has 10 heteroatoms. The Balaban J connectivity index is 1.32. The zero-order chi connectivity index (χ0) is 24.1. The molecule has 2 aromatic heterocycles. The molecule has 1 amide bonds. The number of aryl methyl sites for hydroxylation is 1. The molecule has 0 saturated heterocycles. The molecule has 4 rings (SSSR count). The summed E-state index contributed by atoms with van der Waals surface area (Å²) in [5.41, 5.74) is 3.02. The Labute approximate surface area is 201 Å². The SMILES string of the molecule is Cc1ccc(-n2nccn2)c(C(=O)NC(C)CCNc2ncc(-c3ccc(Cl)cc3F)cn2)c1. The number of nitrogens with one attached hydrogen (secondary N) is 2. The number of hydrogen-bond acceptors (Lipinski definition) is 6. The number of rotatable bonds is 8. The highest BCUT2D eigenvalue weighted by Gasteiger charge is 2.16. The number of anilines is 1. The van der Waals surface area contributed by atoms with Crippen LogP contribution in [0.1, 0.15) is 29.3 Å². The lowest BCUT2D eigenvalue weighted by Gasteiger charge is -2.16. The number of carbonyl (C=O) groups excluding carboxylic acids is 1. The van der Waals surface area contributed by atoms with Gasteiger partial charge in [0.15, 0.2) is 0 Å². The molecule has 2 N–H and O–H groups in total. The van der Waals surface area contributed by atoms with Crippen molar-refractivity contribution in [2.24, 2.45) is 0 Å². The van der Waals surface area contributed by atoms with Gasteiger partial charge in [-0.15, -0.1) is 0 Å². The predicted octanol–water partition coefficient (Wildman–Crippen LogP) is 4.45. The zero-order valence-electron chi connectivity index (χ0n) is 18.7. The lowest BCUT2D eigenvalue weighted by Crippen LogP contribution is -2.34. The number of nitrogens with zero attached hydrogens (tertiary/aromatic N) is 5. The van der Waals surface area contributed by atoms with Crippen molar-refractivity contribution in [1.82, 2.24) is 30.3 Å². The molecule has 0 fully saturated rings. The van der Waals surface area contributed by atoms with Crippen LogP contribution in [0, 0.1) is 12.7 Å². The summed E-state index contributed by atoms with van der Waals surface area (Å²) in [5.74, 6) is -0.210. The maximum absolute atomic E-state index is 14.1. The van der Waals surface area contributed by atoms with E-state index in [4.69, 9.17) is 11.6 Å². The van der Waals surface area contributed by atoms with Crippen LogP contribution in [-0.4, -0.2) is 43.5 Å². The minimum absolute atomic E-state index is 0.110. The highest BCUT2D eigenvalue weighted by Crippen LogP contribution is 2.24. The molecule has 1 unspecified atom stereocenters. The summed E-state index contributed by atoms with van der Waals surface area (Å²) in [6.07, 6.45) is 6.88. The van der Waals surface area contributed by atoms with E-state index in [1.54, 1.807) is 36.9 Å². The molecular weight excluding hydrogens is 457 g/mol. The van der Waals surface area contributed by atoms with E-state index in [2.05, 4.69) is 30.8 Å². The summed E-state index contributed by atoms with van der Waals surface area (Å²) in [4.78, 5) is 22.8. The normalized spacial score (nSPS) is 11.8. The molecule has 8 nitrogen and oxygen atoms in total. The number of benzene rings is 2. The van der Waals surface area contributed by atoms with Crippen LogP contribution in [0.5, 0.6) is 0 Å². The van der Waals surface area contributed by atoms with Crippen molar-refractivity contribution in [1.29, 1.82) is 0 Å². The Morgan fingerprint density at radius 1 is 1.12 bits per heavy atom. The molecule has 0 aliphatic carbocycles. The standard InChI is InChI=1S/C24H23ClFN7O/c1-15-3-6-22(33-30-9-10-31-33)20(11-15)23(34)32-16(2)7-8-27-24-28-13-17(14-29-24)19-5-4-18(25)12-21(19)26/h3-6,9-14,16H,7-8H2,1-2H3,(H,32,34)(H,27,28,29). The maximum atomic E-state index is 14.1. The van der Waals surface area contributed by atoms with Crippen LogP contribution in [0.15, 0.2) is 61.2 Å². The Bertz CT molecular complexity index is 1280. The largest absolute Gasteiger partial charge is 0.354 e. The van der Waals surface area contributed by atoms with Crippen LogP contribution in [0.3, 0.4) is 0 Å². The van der Waals surface area contributed by atoms with Gasteiger partial charge in [-0.25, -0.2) is 14.4 Å². The highest BCUT2D eigenvalue weighted by atomic mass is 35.5. The Hall–Kier alpha value is -3.85. The van der Waals surface area contributed by atoms with E-state index >= 15 is 0 Å². The van der Waals surface area contributed by atoms with E-state index in [9.17, 15) is 9.18 Å². The van der Waals surface area contributed by atoms with Gasteiger partial charge in [-0.3, -0.25) is 4.79 Å². The van der Waals surface area contributed by atoms with Crippen molar-refractivity contribution >= 4 is 23.5 Å². The molecule has 2 heterocycles. The van der Waals surface area contributed by atoms with Gasteiger partial charge < -0.3 is 10.6 Å². The van der Waals surface area contributed by atoms with Crippen molar-refractivity contribution in [3.63, 3.8) is 0 Å². The lowest BCUT2D eigenvalue weighted by molar-refractivity contribution is 0.0938. The van der Waals surface area contributed by atoms with Crippen molar-refractivity contribution in [3.8, 4) is 16.8 Å². The second-order valence-electron chi connectivity index (χ2n) is 7.85. The lowest BCUT2D eigenvalue weighted by atomic mass is 10.1. The summed E-state index contributed by atoms with van der Waals surface area (Å²) < 4.78 is 14.1. The van der Waals surface area contributed by atoms with Crippen molar-refractivity contribution in [2.45, 2.75) is 26.3 Å². The van der Waals surface area contributed by atoms with Crippen LogP contribution in [-0.2, 0) is 0 Å². The van der Waals surface area contributed by atoms with Crippen molar-refractivity contribution in [3.05, 3.63) is 83.2 Å². The summed E-state index contributed by atoms with van der Waals surface area (Å²) in [5, 5.41) is 14.7. The van der Waals surface area contributed by atoms with E-state index in [0.717, 1.165) is 5.56 Å². The van der Waals surface area contributed by atoms with Gasteiger partial charge in [-0.1, -0.05) is 23.2 Å². The third kappa shape index (κ3) is 5.55. The van der Waals surface area contributed by atoms with Gasteiger partial charge in [0.05, 0.1) is 23.6 Å². The first-order valence-electron chi connectivity index (χ1n) is 10.7. The third-order valence-corrected chi connectivity index (χ3v) is 5.40. The molecule has 0 spiro atoms. The number of hydrogen-bond donors (Lipinski definition) is 2. The Kier molecular flexibility index (Phi) is 7.12. The predicted molar refractivity (Wildman–Crippen MR) is 129 cm³/mol. The number of halogens is 2. The average molecular weight is 480 g/mol. The monoisotopic (exact) mass is 479 g/mol. The van der Waals surface area contributed by atoms with Gasteiger partial charge >= 0.3 is 0 Å². The minimum Gasteiger partial charge on any atom is -0.354 e. The summed E-state index contributed by atoms with van der Waals surface area (Å²) in [6.45, 7) is 4.39. The molecule has 1 atom stereocenters. The molecule has 2 aromatic carbocycles. The molecular formula is C24H23ClFN7O. The fraction of sp³-hybridized carbons (Fsp3) is 0.208. The molecule has 34 heavy (non-hydrogen) atoms. The van der Waals surface area contributed by atoms with Gasteiger partial charge in [0.2, 0.25) is 5.95 Å². The summed E-state index contributed by atoms with van der Waals surface area (Å²) in [6, 6.07) is 9.91. The summed E-state index contributed by atoms with van der Waals surface area (Å²) in [7, 11) is 0. The highest BCUT2D eigenvalue weighted by molar-refractivity contribution is 6.30. The van der Waals surface area contributed by atoms with Gasteiger partial charge in [0, 0.05) is 41.1 Å². The van der Waals surface area contributed by atoms with E-state index in [1.807, 2.05) is 32.0 Å². The first-order chi connectivity index (χ1) is 16.4. The van der Waals surface area contributed by atoms with E-state index in [0.29, 0.717) is 46.3 Å². The Morgan fingerprint density at radius 2 is 1.85 bits per heavy atom. The van der Waals surface area contributed by atoms with E-state index in [-0.39, 0.29) is 11.9 Å². The third-order valence-electron chi connectivity index (χ3n) is 5.16. The van der Waals surface area contributed by atoms with Crippen LogP contribution in [0.2, 0.25) is 5.02 Å². The van der Waals surface area contributed by atoms with Crippen molar-refractivity contribution in [2.75, 3.05) is 11.9 Å². The second-order valence-corrected chi connectivity index (χ2v) is 8.29. The first kappa shape index (κ1) is 23.3. The molecule has 174 valence electrons. The molecule has 0 radical (unpaired) electrons. The average Bonchev–Trinajstić information content (AvgIpc) is 3.34. The topological polar surface area (TPSA) is 97.6 Å². The van der Waals surface area contributed by atoms with Crippen LogP contribution < -0.4 is 10.6 Å². The van der Waals surface area contributed by atoms with Crippen LogP contribution in [0.25, 0.3) is 16.8 Å². The zero-order valence-corrected chi connectivity index (χ0v) is 19.4. The first-order valence-corrected chi connectivity index (χ1v) is 11.1. The van der Waals surface area contributed by atoms with E-state index in [1.165, 1.54) is 10.9 Å². The Morgan fingerprint density at radius 3 is 2.56 bits per heavy atom. The summed E-state index contributed by atoms with van der Waals surface area (Å²) >= 11 is 5.80. The smallest absolute Gasteiger partial charge is 0.253 e. The van der Waals surface area contributed by atoms with Crippen LogP contribution in [0.4, 0.5) is 10.3 Å². The number of aromatic nitrogens is 5. The van der Waals surface area contributed by atoms with Crippen molar-refractivity contribution < 1.29 is 9.18 Å². The number of amides is 1. The van der Waals surface area contributed by atoms with Crippen LogP contribution >= 0.6 is 11.6 Å². The number of carbonyl (C=O) groups is 1. The molecule has 0 aliphatic heterocycles. The molecule has 4 aromatic rings. The maximum Gasteiger partial charge on any atom is 0.253 e. The van der Waals surface area contributed by atoms with Gasteiger partial charge in [-0.05, 0) is 50.6 Å². The fourth-order valence-corrected chi connectivity index (χ4v) is 3.56. The minimum atomic E-state index is -0.429. The van der Waals surface area contributed by atoms with Gasteiger partial charge in [0.1, 0.15) is 5.82 Å². The quantitative estimate of drug-likeness (QED) is 0.387. The second kappa shape index (κ2) is 10.4. The van der Waals surface area contributed by atoms with Gasteiger partial charge in [0.25, 0.3) is 5.91 Å². The fourth-order valence-electron chi connectivity index (χ4n) is 3.40. The molecule has 0 bridgehead atoms. The van der Waals surface area contributed by atoms with E-state index < -0.39 is 5.82 Å². The van der Waals surface area contributed by atoms with Gasteiger partial charge in [-0.2, -0.15) is 15.0 Å². The molecule has 0 aliphatic rings. The molecule has 0 saturated carbocycles.